The first-order valence-corrected chi connectivity index (χ1v) is 8.86. The van der Waals surface area contributed by atoms with E-state index in [0.29, 0.717) is 5.69 Å². The predicted molar refractivity (Wildman–Crippen MR) is 94.1 cm³/mol. The second-order valence-electron chi connectivity index (χ2n) is 5.28. The normalized spacial score (nSPS) is 11.0. The molecule has 0 saturated carbocycles. The van der Waals surface area contributed by atoms with E-state index in [2.05, 4.69) is 15.0 Å². The van der Waals surface area contributed by atoms with Gasteiger partial charge < -0.3 is 5.73 Å². The average molecular weight is 354 g/mol. The van der Waals surface area contributed by atoms with Crippen LogP contribution in [-0.2, 0) is 10.0 Å². The molecule has 126 valence electrons. The fourth-order valence-corrected chi connectivity index (χ4v) is 2.65. The van der Waals surface area contributed by atoms with Gasteiger partial charge in [-0.05, 0) is 42.8 Å². The minimum atomic E-state index is -3.54. The number of nitriles is 2. The molecule has 8 nitrogen and oxygen atoms in total. The van der Waals surface area contributed by atoms with Crippen LogP contribution in [0.15, 0.2) is 40.6 Å². The Morgan fingerprint density at radius 3 is 2.20 bits per heavy atom. The molecule has 0 amide bonds. The Morgan fingerprint density at radius 1 is 1.08 bits per heavy atom. The van der Waals surface area contributed by atoms with Gasteiger partial charge in [0, 0.05) is 5.69 Å². The van der Waals surface area contributed by atoms with Crippen molar-refractivity contribution in [1.82, 2.24) is 0 Å². The number of anilines is 2. The van der Waals surface area contributed by atoms with Crippen LogP contribution in [0.1, 0.15) is 16.7 Å². The van der Waals surface area contributed by atoms with Gasteiger partial charge in [0.2, 0.25) is 10.0 Å². The van der Waals surface area contributed by atoms with Crippen LogP contribution in [0.3, 0.4) is 0 Å². The first-order valence-electron chi connectivity index (χ1n) is 6.97. The van der Waals surface area contributed by atoms with Gasteiger partial charge in [-0.1, -0.05) is 0 Å². The summed E-state index contributed by atoms with van der Waals surface area (Å²) in [7, 11) is -3.54. The highest BCUT2D eigenvalue weighted by Crippen LogP contribution is 2.32. The first-order chi connectivity index (χ1) is 11.7. The monoisotopic (exact) mass is 354 g/mol. The van der Waals surface area contributed by atoms with Crippen LogP contribution < -0.4 is 10.5 Å². The number of nitrogens with zero attached hydrogens (tertiary/aromatic N) is 4. The van der Waals surface area contributed by atoms with Crippen LogP contribution in [0.4, 0.5) is 22.7 Å². The van der Waals surface area contributed by atoms with Crippen LogP contribution in [0.2, 0.25) is 0 Å². The number of rotatable bonds is 4. The molecule has 2 aromatic rings. The molecule has 9 heteroatoms. The van der Waals surface area contributed by atoms with Crippen molar-refractivity contribution in [3.8, 4) is 12.1 Å². The fraction of sp³-hybridized carbons (Fsp3) is 0.125. The molecule has 0 atom stereocenters. The van der Waals surface area contributed by atoms with Gasteiger partial charge >= 0.3 is 0 Å². The number of nitrogen functional groups attached to an aromatic ring is 1. The minimum absolute atomic E-state index is 0.123. The Balaban J connectivity index is 2.55. The van der Waals surface area contributed by atoms with E-state index in [4.69, 9.17) is 5.73 Å². The van der Waals surface area contributed by atoms with E-state index in [9.17, 15) is 18.9 Å². The molecule has 3 N–H and O–H groups in total. The molecule has 0 aromatic heterocycles. The van der Waals surface area contributed by atoms with Crippen molar-refractivity contribution in [2.75, 3.05) is 16.7 Å². The van der Waals surface area contributed by atoms with Crippen molar-refractivity contribution < 1.29 is 8.42 Å². The summed E-state index contributed by atoms with van der Waals surface area (Å²) in [5, 5.41) is 26.4. The summed E-state index contributed by atoms with van der Waals surface area (Å²) in [6.45, 7) is 1.76. The molecule has 0 unspecified atom stereocenters. The van der Waals surface area contributed by atoms with Gasteiger partial charge in [0.1, 0.15) is 23.5 Å². The van der Waals surface area contributed by atoms with Crippen molar-refractivity contribution in [3.05, 3.63) is 47.0 Å². The molecule has 0 aliphatic heterocycles. The summed E-state index contributed by atoms with van der Waals surface area (Å²) in [5.41, 5.74) is 7.64. The highest BCUT2D eigenvalue weighted by molar-refractivity contribution is 7.92. The van der Waals surface area contributed by atoms with E-state index in [1.165, 1.54) is 18.2 Å². The van der Waals surface area contributed by atoms with Crippen LogP contribution >= 0.6 is 0 Å². The van der Waals surface area contributed by atoms with Crippen molar-refractivity contribution in [3.63, 3.8) is 0 Å². The van der Waals surface area contributed by atoms with Gasteiger partial charge in [-0.15, -0.1) is 10.2 Å². The fourth-order valence-electron chi connectivity index (χ4n) is 2.08. The molecular weight excluding hydrogens is 340 g/mol. The van der Waals surface area contributed by atoms with E-state index < -0.39 is 10.0 Å². The Morgan fingerprint density at radius 2 is 1.68 bits per heavy atom. The number of hydrogen-bond donors (Lipinski definition) is 2. The zero-order valence-corrected chi connectivity index (χ0v) is 14.3. The Hall–Kier alpha value is -3.43. The third kappa shape index (κ3) is 4.53. The van der Waals surface area contributed by atoms with E-state index in [0.717, 1.165) is 11.8 Å². The maximum absolute atomic E-state index is 11.5. The van der Waals surface area contributed by atoms with Gasteiger partial charge in [0.15, 0.2) is 0 Å². The van der Waals surface area contributed by atoms with Crippen LogP contribution in [0.25, 0.3) is 0 Å². The number of hydrogen-bond acceptors (Lipinski definition) is 7. The summed E-state index contributed by atoms with van der Waals surface area (Å²) < 4.78 is 25.2. The molecular formula is C16H14N6O2S. The second kappa shape index (κ2) is 6.99. The lowest BCUT2D eigenvalue weighted by molar-refractivity contribution is 0.607. The first kappa shape index (κ1) is 17.9. The smallest absolute Gasteiger partial charge is 0.229 e. The van der Waals surface area contributed by atoms with Crippen LogP contribution in [0, 0.1) is 29.6 Å². The number of nitrogens with two attached hydrogens (primary N) is 1. The van der Waals surface area contributed by atoms with Gasteiger partial charge in [-0.2, -0.15) is 10.5 Å². The van der Waals surface area contributed by atoms with E-state index >= 15 is 0 Å². The Bertz CT molecular complexity index is 1010. The quantitative estimate of drug-likeness (QED) is 0.640. The molecule has 25 heavy (non-hydrogen) atoms. The lowest BCUT2D eigenvalue weighted by Gasteiger charge is -2.08. The molecule has 0 fully saturated rings. The number of nitrogens with one attached hydrogen (secondary N) is 1. The van der Waals surface area contributed by atoms with E-state index in [-0.39, 0.29) is 28.2 Å². The third-order valence-electron chi connectivity index (χ3n) is 3.07. The van der Waals surface area contributed by atoms with Crippen molar-refractivity contribution in [2.45, 2.75) is 6.92 Å². The van der Waals surface area contributed by atoms with Crippen LogP contribution in [0.5, 0.6) is 0 Å². The molecule has 2 rings (SSSR count). The zero-order valence-electron chi connectivity index (χ0n) is 13.5. The van der Waals surface area contributed by atoms with Crippen molar-refractivity contribution in [2.24, 2.45) is 10.2 Å². The summed E-state index contributed by atoms with van der Waals surface area (Å²) in [5.74, 6) is 0. The standard InChI is InChI=1S/C16H14N6O2S/c1-10-5-11(8-17)16(12(6-10)9-18)21-20-14-4-3-13(19)7-15(14)22-25(2,23)24/h3-7,22H,19H2,1-2H3. The molecule has 0 bridgehead atoms. The summed E-state index contributed by atoms with van der Waals surface area (Å²) in [6.07, 6.45) is 0.999. The average Bonchev–Trinajstić information content (AvgIpc) is 2.52. The SMILES string of the molecule is Cc1cc(C#N)c(N=Nc2ccc(N)cc2NS(C)(=O)=O)c(C#N)c1. The summed E-state index contributed by atoms with van der Waals surface area (Å²) in [6, 6.07) is 11.6. The maximum Gasteiger partial charge on any atom is 0.229 e. The Labute approximate surface area is 145 Å². The zero-order chi connectivity index (χ0) is 18.6. The summed E-state index contributed by atoms with van der Waals surface area (Å²) in [4.78, 5) is 0. The molecule has 2 aromatic carbocycles. The molecule has 0 aliphatic carbocycles. The maximum atomic E-state index is 11.5. The predicted octanol–water partition coefficient (Wildman–Crippen LogP) is 3.11. The number of benzene rings is 2. The molecule has 0 spiro atoms. The minimum Gasteiger partial charge on any atom is -0.399 e. The third-order valence-corrected chi connectivity index (χ3v) is 3.66. The van der Waals surface area contributed by atoms with Gasteiger partial charge in [-0.3, -0.25) is 4.72 Å². The lowest BCUT2D eigenvalue weighted by atomic mass is 10.1. The van der Waals surface area contributed by atoms with E-state index in [1.54, 1.807) is 19.1 Å². The van der Waals surface area contributed by atoms with Gasteiger partial charge in [0.25, 0.3) is 0 Å². The number of sulfonamides is 1. The highest BCUT2D eigenvalue weighted by atomic mass is 32.2. The highest BCUT2D eigenvalue weighted by Gasteiger charge is 2.11. The van der Waals surface area contributed by atoms with E-state index in [1.807, 2.05) is 12.1 Å². The topological polar surface area (TPSA) is 144 Å². The molecule has 0 aliphatic rings. The molecule has 0 radical (unpaired) electrons. The van der Waals surface area contributed by atoms with Crippen LogP contribution in [-0.4, -0.2) is 14.7 Å². The van der Waals surface area contributed by atoms with Crippen molar-refractivity contribution >= 4 is 32.8 Å². The number of azo groups is 1. The largest absolute Gasteiger partial charge is 0.399 e. The summed E-state index contributed by atoms with van der Waals surface area (Å²) >= 11 is 0. The second-order valence-corrected chi connectivity index (χ2v) is 7.03. The lowest BCUT2D eigenvalue weighted by Crippen LogP contribution is -2.09. The Kier molecular flexibility index (Phi) is 5.01. The van der Waals surface area contributed by atoms with Crippen molar-refractivity contribution in [1.29, 1.82) is 10.5 Å². The molecule has 0 saturated heterocycles. The number of aryl methyl sites for hydroxylation is 1. The van der Waals surface area contributed by atoms with Gasteiger partial charge in [-0.25, -0.2) is 8.42 Å². The molecule has 0 heterocycles. The van der Waals surface area contributed by atoms with Gasteiger partial charge in [0.05, 0.1) is 23.1 Å².